The zero-order chi connectivity index (χ0) is 16.8. The van der Waals surface area contributed by atoms with Gasteiger partial charge in [0.05, 0.1) is 11.4 Å². The minimum atomic E-state index is -4.38. The summed E-state index contributed by atoms with van der Waals surface area (Å²) >= 11 is 0. The molecule has 2 atom stereocenters. The van der Waals surface area contributed by atoms with Crippen LogP contribution in [0.1, 0.15) is 97.3 Å². The first-order chi connectivity index (χ1) is 10.4. The molecule has 0 aromatic heterocycles. The van der Waals surface area contributed by atoms with E-state index in [0.29, 0.717) is 6.42 Å². The Labute approximate surface area is 186 Å². The van der Waals surface area contributed by atoms with Crippen LogP contribution in [0.5, 0.6) is 0 Å². The van der Waals surface area contributed by atoms with Crippen LogP contribution in [-0.2, 0) is 10.1 Å². The van der Waals surface area contributed by atoms with Gasteiger partial charge in [0.25, 0.3) is 0 Å². The quantitative estimate of drug-likeness (QED) is 0.267. The Morgan fingerprint density at radius 3 is 1.57 bits per heavy atom. The molecule has 0 spiro atoms. The predicted molar refractivity (Wildman–Crippen MR) is 90.9 cm³/mol. The van der Waals surface area contributed by atoms with Gasteiger partial charge in [0, 0.05) is 0 Å². The van der Waals surface area contributed by atoms with Gasteiger partial charge in [-0.3, -0.25) is 0 Å². The van der Waals surface area contributed by atoms with Crippen molar-refractivity contribution in [3.05, 3.63) is 0 Å². The first kappa shape index (κ1) is 26.7. The standard InChI is InChI=1S/C17H36O4S.K/c1-3-5-6-7-8-9-10-11-12-13-14-15-16(18)17(4-2)22(19,20)21;/h16-18H,3-15H2,1-2H3,(H,19,20,21);/q;+1/p-1. The van der Waals surface area contributed by atoms with Crippen LogP contribution in [0.25, 0.3) is 0 Å². The van der Waals surface area contributed by atoms with Gasteiger partial charge in [0.1, 0.15) is 10.1 Å². The fraction of sp³-hybridized carbons (Fsp3) is 1.00. The fourth-order valence-corrected chi connectivity index (χ4v) is 3.80. The molecule has 6 heteroatoms. The summed E-state index contributed by atoms with van der Waals surface area (Å²) in [6.07, 6.45) is 13.0. The summed E-state index contributed by atoms with van der Waals surface area (Å²) < 4.78 is 33.0. The Morgan fingerprint density at radius 2 is 1.22 bits per heavy atom. The van der Waals surface area contributed by atoms with Gasteiger partial charge in [-0.2, -0.15) is 0 Å². The van der Waals surface area contributed by atoms with E-state index < -0.39 is 21.5 Å². The van der Waals surface area contributed by atoms with E-state index in [4.69, 9.17) is 0 Å². The first-order valence-electron chi connectivity index (χ1n) is 9.06. The van der Waals surface area contributed by atoms with Crippen LogP contribution in [0.15, 0.2) is 0 Å². The van der Waals surface area contributed by atoms with Crippen molar-refractivity contribution in [2.45, 2.75) is 109 Å². The largest absolute Gasteiger partial charge is 1.00 e. The molecular weight excluding hydrogens is 339 g/mol. The van der Waals surface area contributed by atoms with E-state index in [0.717, 1.165) is 19.3 Å². The Hall–Kier alpha value is 1.51. The topological polar surface area (TPSA) is 77.4 Å². The summed E-state index contributed by atoms with van der Waals surface area (Å²) in [7, 11) is -4.38. The molecule has 0 aliphatic rings. The molecule has 0 aromatic rings. The third kappa shape index (κ3) is 15.5. The molecule has 0 aliphatic heterocycles. The molecular formula is C17H35KO4S. The van der Waals surface area contributed by atoms with E-state index in [2.05, 4.69) is 6.92 Å². The van der Waals surface area contributed by atoms with Crippen molar-refractivity contribution in [2.75, 3.05) is 0 Å². The van der Waals surface area contributed by atoms with Gasteiger partial charge in [0.15, 0.2) is 0 Å². The van der Waals surface area contributed by atoms with Crippen LogP contribution >= 0.6 is 0 Å². The van der Waals surface area contributed by atoms with Gasteiger partial charge in [-0.15, -0.1) is 0 Å². The molecule has 0 rings (SSSR count). The van der Waals surface area contributed by atoms with E-state index >= 15 is 0 Å². The Balaban J connectivity index is 0. The number of hydrogen-bond acceptors (Lipinski definition) is 4. The molecule has 1 N–H and O–H groups in total. The predicted octanol–water partition coefficient (Wildman–Crippen LogP) is 1.38. The van der Waals surface area contributed by atoms with E-state index in [-0.39, 0.29) is 57.8 Å². The van der Waals surface area contributed by atoms with Gasteiger partial charge in [-0.05, 0) is 12.8 Å². The summed E-state index contributed by atoms with van der Waals surface area (Å²) in [6, 6.07) is 0. The van der Waals surface area contributed by atoms with Gasteiger partial charge < -0.3 is 9.66 Å². The van der Waals surface area contributed by atoms with E-state index in [1.54, 1.807) is 6.92 Å². The molecule has 0 fully saturated rings. The second kappa shape index (κ2) is 16.9. The second-order valence-electron chi connectivity index (χ2n) is 6.33. The summed E-state index contributed by atoms with van der Waals surface area (Å²) in [5, 5.41) is 8.67. The van der Waals surface area contributed by atoms with E-state index in [1.807, 2.05) is 0 Å². The van der Waals surface area contributed by atoms with Crippen molar-refractivity contribution in [2.24, 2.45) is 0 Å². The van der Waals surface area contributed by atoms with Gasteiger partial charge in [0.2, 0.25) is 0 Å². The molecule has 0 amide bonds. The average Bonchev–Trinajstić information content (AvgIpc) is 2.44. The molecule has 4 nitrogen and oxygen atoms in total. The van der Waals surface area contributed by atoms with E-state index in [1.165, 1.54) is 51.4 Å². The monoisotopic (exact) mass is 374 g/mol. The maximum atomic E-state index is 11.0. The van der Waals surface area contributed by atoms with Crippen LogP contribution < -0.4 is 51.4 Å². The van der Waals surface area contributed by atoms with Gasteiger partial charge in [-0.1, -0.05) is 84.5 Å². The van der Waals surface area contributed by atoms with Crippen molar-refractivity contribution in [1.29, 1.82) is 0 Å². The van der Waals surface area contributed by atoms with Gasteiger partial charge >= 0.3 is 51.4 Å². The normalized spacial score (nSPS) is 14.3. The van der Waals surface area contributed by atoms with Crippen molar-refractivity contribution < 1.29 is 69.5 Å². The molecule has 0 bridgehead atoms. The molecule has 0 aliphatic carbocycles. The minimum absolute atomic E-state index is 0. The first-order valence-corrected chi connectivity index (χ1v) is 10.5. The van der Waals surface area contributed by atoms with Crippen LogP contribution in [0.2, 0.25) is 0 Å². The summed E-state index contributed by atoms with van der Waals surface area (Å²) in [5.74, 6) is 0. The molecule has 2 unspecified atom stereocenters. The van der Waals surface area contributed by atoms with Crippen LogP contribution in [0.3, 0.4) is 0 Å². The molecule has 23 heavy (non-hydrogen) atoms. The SMILES string of the molecule is CCCCCCCCCCCCCC(O)C(CC)S(=O)(=O)[O-].[K+]. The maximum absolute atomic E-state index is 11.0. The minimum Gasteiger partial charge on any atom is -0.748 e. The van der Waals surface area contributed by atoms with Gasteiger partial charge in [-0.25, -0.2) is 8.42 Å². The Morgan fingerprint density at radius 1 is 0.826 bits per heavy atom. The number of aliphatic hydroxyl groups excluding tert-OH is 1. The third-order valence-corrected chi connectivity index (χ3v) is 5.69. The van der Waals surface area contributed by atoms with Crippen LogP contribution in [0.4, 0.5) is 0 Å². The second-order valence-corrected chi connectivity index (χ2v) is 7.92. The van der Waals surface area contributed by atoms with Crippen molar-refractivity contribution >= 4 is 10.1 Å². The number of hydrogen-bond donors (Lipinski definition) is 1. The molecule has 0 aromatic carbocycles. The molecule has 0 saturated carbocycles. The maximum Gasteiger partial charge on any atom is 1.00 e. The summed E-state index contributed by atoms with van der Waals surface area (Å²) in [5.41, 5.74) is 0. The van der Waals surface area contributed by atoms with E-state index in [9.17, 15) is 18.1 Å². The van der Waals surface area contributed by atoms with Crippen molar-refractivity contribution in [3.63, 3.8) is 0 Å². The van der Waals surface area contributed by atoms with Crippen molar-refractivity contribution in [1.82, 2.24) is 0 Å². The number of rotatable bonds is 15. The molecule has 0 saturated heterocycles. The van der Waals surface area contributed by atoms with Crippen molar-refractivity contribution in [3.8, 4) is 0 Å². The van der Waals surface area contributed by atoms with Crippen LogP contribution in [0, 0.1) is 0 Å². The smallest absolute Gasteiger partial charge is 0.748 e. The number of unbranched alkanes of at least 4 members (excludes halogenated alkanes) is 10. The zero-order valence-electron chi connectivity index (χ0n) is 15.4. The number of aliphatic hydroxyl groups is 1. The molecule has 0 radical (unpaired) electrons. The average molecular weight is 375 g/mol. The molecule has 0 heterocycles. The molecule has 134 valence electrons. The Kier molecular flexibility index (Phi) is 19.7. The fourth-order valence-electron chi connectivity index (χ4n) is 2.87. The van der Waals surface area contributed by atoms with Crippen LogP contribution in [-0.4, -0.2) is 29.4 Å². The third-order valence-electron chi connectivity index (χ3n) is 4.31. The summed E-state index contributed by atoms with van der Waals surface area (Å²) in [6.45, 7) is 3.86. The Bertz CT molecular complexity index is 347. The zero-order valence-corrected chi connectivity index (χ0v) is 19.4. The summed E-state index contributed by atoms with van der Waals surface area (Å²) in [4.78, 5) is 0.